The first kappa shape index (κ1) is 9.80. The van der Waals surface area contributed by atoms with Gasteiger partial charge in [0, 0.05) is 0 Å². The summed E-state index contributed by atoms with van der Waals surface area (Å²) >= 11 is 0. The third kappa shape index (κ3) is 3.49. The maximum atomic E-state index is 9.95. The van der Waals surface area contributed by atoms with Gasteiger partial charge in [-0.05, 0) is 6.42 Å². The predicted molar refractivity (Wildman–Crippen MR) is 36.4 cm³/mol. The lowest BCUT2D eigenvalue weighted by atomic mass is 10.2. The lowest BCUT2D eigenvalue weighted by Crippen LogP contribution is -2.19. The molecular weight excluding hydrogens is 152 g/mol. The lowest BCUT2D eigenvalue weighted by molar-refractivity contribution is -0.672. The molecule has 0 aromatic rings. The van der Waals surface area contributed by atoms with Gasteiger partial charge in [-0.15, -0.1) is 0 Å². The minimum atomic E-state index is -0.963. The second kappa shape index (κ2) is 4.59. The monoisotopic (exact) mass is 160 g/mol. The van der Waals surface area contributed by atoms with Crippen molar-refractivity contribution in [3.05, 3.63) is 33.3 Å². The molecule has 0 aliphatic carbocycles. The van der Waals surface area contributed by atoms with Crippen LogP contribution in [0.4, 0.5) is 0 Å². The summed E-state index contributed by atoms with van der Waals surface area (Å²) in [5, 5.41) is 19.9. The molecule has 6 heteroatoms. The minimum Gasteiger partial charge on any atom is -0.258 e. The maximum absolute atomic E-state index is 9.95. The van der Waals surface area contributed by atoms with Crippen molar-refractivity contribution in [2.45, 2.75) is 19.3 Å². The smallest absolute Gasteiger partial charge is 0.258 e. The van der Waals surface area contributed by atoms with E-state index in [4.69, 9.17) is 0 Å². The van der Waals surface area contributed by atoms with Crippen LogP contribution in [-0.2, 0) is 0 Å². The van der Waals surface area contributed by atoms with Crippen LogP contribution in [0.3, 0.4) is 0 Å². The Bertz CT molecular complexity index is 145. The van der Waals surface area contributed by atoms with E-state index in [2.05, 4.69) is 6.92 Å². The number of hydrogen-bond acceptors (Lipinski definition) is 4. The minimum absolute atomic E-state index is 0.122. The topological polar surface area (TPSA) is 86.3 Å². The lowest BCUT2D eigenvalue weighted by Gasteiger charge is -1.94. The summed E-state index contributed by atoms with van der Waals surface area (Å²) in [7, 11) is 0. The average Bonchev–Trinajstić information content (AvgIpc) is 1.87. The zero-order valence-corrected chi connectivity index (χ0v) is 5.86. The quantitative estimate of drug-likeness (QED) is 0.444. The van der Waals surface area contributed by atoms with E-state index in [0.717, 1.165) is 0 Å². The van der Waals surface area contributed by atoms with E-state index in [1.807, 2.05) is 0 Å². The molecule has 62 valence electrons. The van der Waals surface area contributed by atoms with Crippen molar-refractivity contribution < 1.29 is 9.85 Å². The molecule has 0 aliphatic heterocycles. The Morgan fingerprint density at radius 1 is 1.27 bits per heavy atom. The van der Waals surface area contributed by atoms with Gasteiger partial charge in [0.2, 0.25) is 0 Å². The highest BCUT2D eigenvalue weighted by Gasteiger charge is 2.37. The third-order valence-electron chi connectivity index (χ3n) is 1.07. The molecule has 0 aromatic carbocycles. The molecule has 6 nitrogen and oxygen atoms in total. The van der Waals surface area contributed by atoms with Gasteiger partial charge in [-0.25, -0.2) is 0 Å². The summed E-state index contributed by atoms with van der Waals surface area (Å²) in [6.45, 7) is 3.42. The first-order chi connectivity index (χ1) is 5.09. The van der Waals surface area contributed by atoms with Gasteiger partial charge in [0.1, 0.15) is 16.3 Å². The van der Waals surface area contributed by atoms with Gasteiger partial charge in [-0.2, -0.15) is 0 Å². The van der Waals surface area contributed by atoms with E-state index in [0.29, 0.717) is 12.8 Å². The Morgan fingerprint density at radius 2 is 1.73 bits per heavy atom. The van der Waals surface area contributed by atoms with E-state index in [-0.39, 0.29) is 6.42 Å². The SMILES string of the molecule is [CH2]CCC[C]([N+](=O)[O-])[N+](=O)[O-]. The molecule has 0 amide bonds. The van der Waals surface area contributed by atoms with Crippen LogP contribution in [0.2, 0.25) is 0 Å². The zero-order chi connectivity index (χ0) is 8.85. The number of nitro groups is 2. The fourth-order valence-corrected chi connectivity index (χ4v) is 0.532. The predicted octanol–water partition coefficient (Wildman–Crippen LogP) is 1.03. The first-order valence-electron chi connectivity index (χ1n) is 3.03. The Morgan fingerprint density at radius 3 is 2.00 bits per heavy atom. The molecule has 2 radical (unpaired) electrons. The summed E-state index contributed by atoms with van der Waals surface area (Å²) in [5.74, 6) is 0. The van der Waals surface area contributed by atoms with Crippen molar-refractivity contribution in [1.82, 2.24) is 0 Å². The fourth-order valence-electron chi connectivity index (χ4n) is 0.532. The van der Waals surface area contributed by atoms with Gasteiger partial charge in [0.25, 0.3) is 0 Å². The summed E-state index contributed by atoms with van der Waals surface area (Å²) in [6, 6.07) is 0. The number of hydrogen-bond donors (Lipinski definition) is 0. The summed E-state index contributed by atoms with van der Waals surface area (Å²) in [4.78, 5) is 18.0. The number of rotatable bonds is 5. The third-order valence-corrected chi connectivity index (χ3v) is 1.07. The molecule has 0 rings (SSSR count). The van der Waals surface area contributed by atoms with Gasteiger partial charge in [0.05, 0.1) is 0 Å². The number of nitrogens with zero attached hydrogens (tertiary/aromatic N) is 2. The van der Waals surface area contributed by atoms with Crippen LogP contribution in [0.15, 0.2) is 0 Å². The van der Waals surface area contributed by atoms with Gasteiger partial charge < -0.3 is 0 Å². The van der Waals surface area contributed by atoms with Crippen LogP contribution in [0.25, 0.3) is 0 Å². The Kier molecular flexibility index (Phi) is 4.09. The zero-order valence-electron chi connectivity index (χ0n) is 5.86. The van der Waals surface area contributed by atoms with Crippen molar-refractivity contribution >= 4 is 0 Å². The van der Waals surface area contributed by atoms with Crippen molar-refractivity contribution in [1.29, 1.82) is 0 Å². The van der Waals surface area contributed by atoms with Crippen molar-refractivity contribution in [2.75, 3.05) is 0 Å². The molecule has 0 heterocycles. The highest BCUT2D eigenvalue weighted by molar-refractivity contribution is 4.61. The van der Waals surface area contributed by atoms with Crippen LogP contribution in [0, 0.1) is 33.3 Å². The molecule has 0 atom stereocenters. The molecule has 0 saturated carbocycles. The van der Waals surface area contributed by atoms with Crippen molar-refractivity contribution in [3.63, 3.8) is 0 Å². The molecule has 0 unspecified atom stereocenters. The summed E-state index contributed by atoms with van der Waals surface area (Å²) < 4.78 is 0. The van der Waals surface area contributed by atoms with Crippen LogP contribution in [0.5, 0.6) is 0 Å². The largest absolute Gasteiger partial charge is 0.593 e. The van der Waals surface area contributed by atoms with E-state index in [1.165, 1.54) is 0 Å². The Hall–Kier alpha value is -1.20. The molecule has 0 N–H and O–H groups in total. The Labute approximate surface area is 63.5 Å². The van der Waals surface area contributed by atoms with Crippen LogP contribution in [0.1, 0.15) is 19.3 Å². The van der Waals surface area contributed by atoms with Crippen LogP contribution < -0.4 is 0 Å². The Balaban J connectivity index is 3.90. The molecule has 0 aliphatic rings. The fraction of sp³-hybridized carbons (Fsp3) is 0.600. The van der Waals surface area contributed by atoms with E-state index < -0.39 is 16.0 Å². The second-order valence-electron chi connectivity index (χ2n) is 1.89. The standard InChI is InChI=1S/C5H8N2O4/c1-2-3-4-5(6(8)9)7(10)11/h1-4H2. The first-order valence-corrected chi connectivity index (χ1v) is 3.03. The summed E-state index contributed by atoms with van der Waals surface area (Å²) in [6.07, 6.45) is -0.139. The van der Waals surface area contributed by atoms with Crippen molar-refractivity contribution in [3.8, 4) is 0 Å². The highest BCUT2D eigenvalue weighted by Crippen LogP contribution is 2.11. The van der Waals surface area contributed by atoms with Gasteiger partial charge in [-0.3, -0.25) is 20.2 Å². The highest BCUT2D eigenvalue weighted by atomic mass is 16.7. The molecule has 0 spiro atoms. The van der Waals surface area contributed by atoms with E-state index in [9.17, 15) is 20.2 Å². The van der Waals surface area contributed by atoms with Crippen LogP contribution in [-0.4, -0.2) is 9.85 Å². The van der Waals surface area contributed by atoms with Gasteiger partial charge in [-0.1, -0.05) is 13.3 Å². The average molecular weight is 160 g/mol. The molecule has 0 aromatic heterocycles. The van der Waals surface area contributed by atoms with E-state index in [1.54, 1.807) is 0 Å². The molecule has 0 fully saturated rings. The molecule has 0 saturated heterocycles. The molecule has 11 heavy (non-hydrogen) atoms. The van der Waals surface area contributed by atoms with Gasteiger partial charge >= 0.3 is 6.17 Å². The maximum Gasteiger partial charge on any atom is 0.593 e. The van der Waals surface area contributed by atoms with E-state index >= 15 is 0 Å². The summed E-state index contributed by atoms with van der Waals surface area (Å²) in [5.41, 5.74) is 0. The normalized spacial score (nSPS) is 10.0. The van der Waals surface area contributed by atoms with Crippen LogP contribution >= 0.6 is 0 Å². The number of unbranched alkanes of at least 4 members (excludes halogenated alkanes) is 1. The van der Waals surface area contributed by atoms with Gasteiger partial charge in [0.15, 0.2) is 0 Å². The van der Waals surface area contributed by atoms with Crippen molar-refractivity contribution in [2.24, 2.45) is 0 Å². The molecule has 0 bridgehead atoms. The second-order valence-corrected chi connectivity index (χ2v) is 1.89. The molecular formula is C5H8N2O4.